The van der Waals surface area contributed by atoms with E-state index in [1.165, 1.54) is 0 Å². The van der Waals surface area contributed by atoms with Gasteiger partial charge in [-0.2, -0.15) is 0 Å². The first kappa shape index (κ1) is 13.8. The van der Waals surface area contributed by atoms with Crippen molar-refractivity contribution in [2.24, 2.45) is 0 Å². The number of carbonyl (C=O) groups is 1. The van der Waals surface area contributed by atoms with Crippen LogP contribution in [0.2, 0.25) is 5.02 Å². The number of ether oxygens (including phenoxy) is 2. The number of nitrogens with one attached hydrogen (secondary N) is 1. The van der Waals surface area contributed by atoms with Gasteiger partial charge in [0.05, 0.1) is 16.2 Å². The molecule has 1 aliphatic heterocycles. The number of hydrogen-bond donors (Lipinski definition) is 1. The van der Waals surface area contributed by atoms with Crippen LogP contribution in [0, 0.1) is 0 Å². The topological polar surface area (TPSA) is 60.5 Å². The molecule has 0 atom stereocenters. The normalized spacial score (nSPS) is 12.4. The summed E-state index contributed by atoms with van der Waals surface area (Å²) in [5.74, 6) is 0.953. The molecule has 4 rings (SSSR count). The molecule has 0 fully saturated rings. The van der Waals surface area contributed by atoms with Crippen molar-refractivity contribution < 1.29 is 14.3 Å². The first-order valence-electron chi connectivity index (χ1n) is 6.96. The smallest absolute Gasteiger partial charge is 0.255 e. The summed E-state index contributed by atoms with van der Waals surface area (Å²) in [6.07, 6.45) is 1.61. The third-order valence-corrected chi connectivity index (χ3v) is 3.93. The zero-order chi connectivity index (χ0) is 15.8. The number of hydrogen-bond acceptors (Lipinski definition) is 4. The number of carbonyl (C=O) groups excluding carboxylic acids is 1. The van der Waals surface area contributed by atoms with Crippen LogP contribution in [0.3, 0.4) is 0 Å². The first-order chi connectivity index (χ1) is 11.2. The van der Waals surface area contributed by atoms with Gasteiger partial charge in [0.1, 0.15) is 0 Å². The van der Waals surface area contributed by atoms with Gasteiger partial charge < -0.3 is 14.8 Å². The zero-order valence-electron chi connectivity index (χ0n) is 11.9. The fraction of sp³-hybridized carbons (Fsp3) is 0.0588. The van der Waals surface area contributed by atoms with E-state index in [1.54, 1.807) is 36.5 Å². The predicted molar refractivity (Wildman–Crippen MR) is 87.3 cm³/mol. The lowest BCUT2D eigenvalue weighted by molar-refractivity contribution is 0.102. The number of amides is 1. The predicted octanol–water partition coefficient (Wildman–Crippen LogP) is 3.87. The lowest BCUT2D eigenvalue weighted by Crippen LogP contribution is -2.12. The van der Waals surface area contributed by atoms with Crippen molar-refractivity contribution in [2.75, 3.05) is 12.1 Å². The molecule has 0 aliphatic carbocycles. The first-order valence-corrected chi connectivity index (χ1v) is 7.34. The number of anilines is 1. The molecule has 1 aliphatic rings. The van der Waals surface area contributed by atoms with Gasteiger partial charge >= 0.3 is 0 Å². The largest absolute Gasteiger partial charge is 0.454 e. The van der Waals surface area contributed by atoms with Gasteiger partial charge in [0.25, 0.3) is 5.91 Å². The Labute approximate surface area is 136 Å². The Balaban J connectivity index is 1.68. The van der Waals surface area contributed by atoms with Crippen LogP contribution >= 0.6 is 11.6 Å². The monoisotopic (exact) mass is 326 g/mol. The molecule has 0 radical (unpaired) electrons. The molecular formula is C17H11ClN2O3. The van der Waals surface area contributed by atoms with Crippen LogP contribution in [0.1, 0.15) is 10.4 Å². The summed E-state index contributed by atoms with van der Waals surface area (Å²) < 4.78 is 10.5. The van der Waals surface area contributed by atoms with E-state index in [-0.39, 0.29) is 12.7 Å². The highest BCUT2D eigenvalue weighted by atomic mass is 35.5. The van der Waals surface area contributed by atoms with Crippen LogP contribution in [0.5, 0.6) is 11.5 Å². The Bertz CT molecular complexity index is 927. The number of halogens is 1. The maximum atomic E-state index is 12.5. The zero-order valence-corrected chi connectivity index (χ0v) is 12.6. The molecule has 0 bridgehead atoms. The van der Waals surface area contributed by atoms with Gasteiger partial charge in [0.2, 0.25) is 6.79 Å². The molecule has 2 aromatic carbocycles. The average Bonchev–Trinajstić information content (AvgIpc) is 3.03. The Kier molecular flexibility index (Phi) is 3.28. The molecule has 0 saturated carbocycles. The van der Waals surface area contributed by atoms with Crippen molar-refractivity contribution in [3.8, 4) is 11.5 Å². The quantitative estimate of drug-likeness (QED) is 0.776. The average molecular weight is 327 g/mol. The molecule has 2 heterocycles. The lowest BCUT2D eigenvalue weighted by Gasteiger charge is -2.09. The van der Waals surface area contributed by atoms with Crippen LogP contribution in [-0.2, 0) is 0 Å². The van der Waals surface area contributed by atoms with Gasteiger partial charge in [-0.1, -0.05) is 23.7 Å². The fourth-order valence-corrected chi connectivity index (χ4v) is 2.68. The van der Waals surface area contributed by atoms with Crippen molar-refractivity contribution in [2.45, 2.75) is 0 Å². The highest BCUT2D eigenvalue weighted by molar-refractivity contribution is 6.35. The number of pyridine rings is 1. The summed E-state index contributed by atoms with van der Waals surface area (Å²) in [5.41, 5.74) is 1.73. The molecule has 1 N–H and O–H groups in total. The molecule has 114 valence electrons. The maximum absolute atomic E-state index is 12.5. The second-order valence-corrected chi connectivity index (χ2v) is 5.42. The van der Waals surface area contributed by atoms with Crippen LogP contribution in [0.4, 0.5) is 5.69 Å². The summed E-state index contributed by atoms with van der Waals surface area (Å²) in [4.78, 5) is 16.8. The lowest BCUT2D eigenvalue weighted by atomic mass is 10.1. The minimum absolute atomic E-state index is 0.173. The van der Waals surface area contributed by atoms with E-state index in [4.69, 9.17) is 21.1 Å². The van der Waals surface area contributed by atoms with Gasteiger partial charge in [0.15, 0.2) is 11.5 Å². The second-order valence-electron chi connectivity index (χ2n) is 5.02. The van der Waals surface area contributed by atoms with Crippen molar-refractivity contribution in [1.82, 2.24) is 4.98 Å². The Morgan fingerprint density at radius 2 is 2.00 bits per heavy atom. The standard InChI is InChI=1S/C17H11ClN2O3/c18-12-6-7-19-16-11(12)2-1-3-13(16)20-17(21)10-4-5-14-15(8-10)23-9-22-14/h1-8H,9H2,(H,20,21). The van der Waals surface area contributed by atoms with Gasteiger partial charge in [-0.3, -0.25) is 9.78 Å². The van der Waals surface area contributed by atoms with Crippen LogP contribution in [-0.4, -0.2) is 17.7 Å². The number of fused-ring (bicyclic) bond motifs is 2. The van der Waals surface area contributed by atoms with Crippen molar-refractivity contribution in [3.05, 3.63) is 59.2 Å². The summed E-state index contributed by atoms with van der Waals surface area (Å²) in [6.45, 7) is 0.173. The third-order valence-electron chi connectivity index (χ3n) is 3.60. The highest BCUT2D eigenvalue weighted by Gasteiger charge is 2.17. The minimum atomic E-state index is -0.252. The molecule has 0 unspecified atom stereocenters. The van der Waals surface area contributed by atoms with Crippen LogP contribution in [0.15, 0.2) is 48.7 Å². The van der Waals surface area contributed by atoms with E-state index in [9.17, 15) is 4.79 Å². The van der Waals surface area contributed by atoms with Gasteiger partial charge in [-0.05, 0) is 30.3 Å². The number of aromatic nitrogens is 1. The molecule has 0 spiro atoms. The second kappa shape index (κ2) is 5.44. The van der Waals surface area contributed by atoms with Crippen LogP contribution < -0.4 is 14.8 Å². The van der Waals surface area contributed by atoms with Crippen LogP contribution in [0.25, 0.3) is 10.9 Å². The molecular weight excluding hydrogens is 316 g/mol. The third kappa shape index (κ3) is 2.45. The Morgan fingerprint density at radius 3 is 2.91 bits per heavy atom. The van der Waals surface area contributed by atoms with Gasteiger partial charge in [-0.15, -0.1) is 0 Å². The number of benzene rings is 2. The maximum Gasteiger partial charge on any atom is 0.255 e. The highest BCUT2D eigenvalue weighted by Crippen LogP contribution is 2.33. The van der Waals surface area contributed by atoms with Crippen molar-refractivity contribution in [3.63, 3.8) is 0 Å². The van der Waals surface area contributed by atoms with E-state index < -0.39 is 0 Å². The van der Waals surface area contributed by atoms with Crippen molar-refractivity contribution >= 4 is 34.1 Å². The molecule has 23 heavy (non-hydrogen) atoms. The SMILES string of the molecule is O=C(Nc1cccc2c(Cl)ccnc12)c1ccc2c(c1)OCO2. The van der Waals surface area contributed by atoms with E-state index in [2.05, 4.69) is 10.3 Å². The fourth-order valence-electron chi connectivity index (χ4n) is 2.48. The van der Waals surface area contributed by atoms with E-state index in [0.29, 0.717) is 33.3 Å². The Morgan fingerprint density at radius 1 is 1.13 bits per heavy atom. The number of nitrogens with zero attached hydrogens (tertiary/aromatic N) is 1. The van der Waals surface area contributed by atoms with E-state index in [0.717, 1.165) is 5.39 Å². The molecule has 1 aromatic heterocycles. The van der Waals surface area contributed by atoms with E-state index >= 15 is 0 Å². The molecule has 1 amide bonds. The van der Waals surface area contributed by atoms with Gasteiger partial charge in [-0.25, -0.2) is 0 Å². The summed E-state index contributed by atoms with van der Waals surface area (Å²) in [6, 6.07) is 12.3. The van der Waals surface area contributed by atoms with E-state index in [1.807, 2.05) is 12.1 Å². The minimum Gasteiger partial charge on any atom is -0.454 e. The molecule has 5 nitrogen and oxygen atoms in total. The molecule has 3 aromatic rings. The van der Waals surface area contributed by atoms with Crippen molar-refractivity contribution in [1.29, 1.82) is 0 Å². The molecule has 0 saturated heterocycles. The number of rotatable bonds is 2. The Hall–Kier alpha value is -2.79. The number of para-hydroxylation sites is 1. The summed E-state index contributed by atoms with van der Waals surface area (Å²) in [7, 11) is 0. The van der Waals surface area contributed by atoms with Gasteiger partial charge in [0, 0.05) is 17.1 Å². The summed E-state index contributed by atoms with van der Waals surface area (Å²) >= 11 is 6.16. The molecule has 6 heteroatoms. The summed E-state index contributed by atoms with van der Waals surface area (Å²) in [5, 5.41) is 4.24.